The Labute approximate surface area is 90.7 Å². The lowest BCUT2D eigenvalue weighted by atomic mass is 10.1. The van der Waals surface area contributed by atoms with Gasteiger partial charge in [0.25, 0.3) is 0 Å². The van der Waals surface area contributed by atoms with E-state index in [1.807, 2.05) is 0 Å². The molecule has 0 N–H and O–H groups in total. The number of rotatable bonds is 8. The molecular weight excluding hydrogens is 205 g/mol. The molecule has 0 aliphatic heterocycles. The SMILES string of the molecule is CCCCCCCCCC[O].F[C](F)F. The van der Waals surface area contributed by atoms with E-state index in [9.17, 15) is 18.3 Å². The lowest BCUT2D eigenvalue weighted by Gasteiger charge is -1.98. The topological polar surface area (TPSA) is 19.9 Å². The minimum atomic E-state index is -3.08. The first-order valence-corrected chi connectivity index (χ1v) is 5.56. The molecule has 0 atom stereocenters. The van der Waals surface area contributed by atoms with Gasteiger partial charge in [-0.15, -0.1) is 0 Å². The summed E-state index contributed by atoms with van der Waals surface area (Å²) in [6.45, 7) is -0.730. The van der Waals surface area contributed by atoms with Gasteiger partial charge in [0, 0.05) is 0 Å². The molecule has 0 fully saturated rings. The van der Waals surface area contributed by atoms with Crippen molar-refractivity contribution in [3.8, 4) is 0 Å². The predicted molar refractivity (Wildman–Crippen MR) is 54.7 cm³/mol. The highest BCUT2D eigenvalue weighted by atomic mass is 19.4. The Hall–Kier alpha value is -0.250. The van der Waals surface area contributed by atoms with Crippen LogP contribution in [-0.4, -0.2) is 6.61 Å². The molecule has 0 amide bonds. The van der Waals surface area contributed by atoms with Crippen molar-refractivity contribution in [3.05, 3.63) is 6.68 Å². The molecular formula is C11H21F3O. The molecule has 0 bridgehead atoms. The molecule has 0 aliphatic rings. The molecule has 0 aromatic heterocycles. The van der Waals surface area contributed by atoms with Crippen LogP contribution in [0.5, 0.6) is 0 Å². The molecule has 0 aromatic carbocycles. The fourth-order valence-corrected chi connectivity index (χ4v) is 1.24. The van der Waals surface area contributed by atoms with Crippen molar-refractivity contribution in [2.45, 2.75) is 58.3 Å². The molecule has 0 aromatic rings. The summed E-state index contributed by atoms with van der Waals surface area (Å²) in [6, 6.07) is 0. The first-order chi connectivity index (χ1) is 7.15. The van der Waals surface area contributed by atoms with E-state index in [-0.39, 0.29) is 6.61 Å². The van der Waals surface area contributed by atoms with Gasteiger partial charge in [0.2, 0.25) is 0 Å². The zero-order valence-corrected chi connectivity index (χ0v) is 9.41. The maximum Gasteiger partial charge on any atom is 0.487 e. The molecule has 0 saturated heterocycles. The Bertz CT molecular complexity index is 89.1. The molecule has 0 unspecified atom stereocenters. The van der Waals surface area contributed by atoms with E-state index in [1.54, 1.807) is 0 Å². The molecule has 0 saturated carbocycles. The summed E-state index contributed by atoms with van der Waals surface area (Å²) in [6.07, 6.45) is 10.1. The number of unbranched alkanes of at least 4 members (excludes halogenated alkanes) is 7. The van der Waals surface area contributed by atoms with Gasteiger partial charge in [-0.25, -0.2) is 5.11 Å². The summed E-state index contributed by atoms with van der Waals surface area (Å²) >= 11 is 0. The van der Waals surface area contributed by atoms with Gasteiger partial charge in [0.05, 0.1) is 6.61 Å². The zero-order valence-electron chi connectivity index (χ0n) is 9.41. The summed E-state index contributed by atoms with van der Waals surface area (Å²) in [5, 5.41) is 10.1. The Morgan fingerprint density at radius 1 is 0.800 bits per heavy atom. The van der Waals surface area contributed by atoms with Crippen molar-refractivity contribution in [2.75, 3.05) is 6.61 Å². The molecule has 15 heavy (non-hydrogen) atoms. The smallest absolute Gasteiger partial charge is 0.237 e. The highest BCUT2D eigenvalue weighted by Gasteiger charge is 1.93. The number of hydrogen-bond acceptors (Lipinski definition) is 0. The molecule has 4 heteroatoms. The van der Waals surface area contributed by atoms with Crippen LogP contribution >= 0.6 is 0 Å². The van der Waals surface area contributed by atoms with Crippen molar-refractivity contribution in [2.24, 2.45) is 0 Å². The van der Waals surface area contributed by atoms with E-state index in [0.29, 0.717) is 0 Å². The minimum Gasteiger partial charge on any atom is -0.237 e. The van der Waals surface area contributed by atoms with Gasteiger partial charge in [-0.1, -0.05) is 51.9 Å². The fraction of sp³-hybridized carbons (Fsp3) is 0.909. The van der Waals surface area contributed by atoms with Gasteiger partial charge < -0.3 is 0 Å². The molecule has 92 valence electrons. The molecule has 0 rings (SSSR count). The van der Waals surface area contributed by atoms with Gasteiger partial charge >= 0.3 is 6.68 Å². The predicted octanol–water partition coefficient (Wildman–Crippen LogP) is 4.90. The standard InChI is InChI=1S/C10H21O.CF3/c1-2-3-4-5-6-7-8-9-10-11;2-1(3)4/h2-10H2,1H3;. The highest BCUT2D eigenvalue weighted by Crippen LogP contribution is 2.07. The Balaban J connectivity index is 0. The van der Waals surface area contributed by atoms with Gasteiger partial charge in [-0.2, -0.15) is 13.2 Å². The average molecular weight is 226 g/mol. The van der Waals surface area contributed by atoms with Crippen molar-refractivity contribution < 1.29 is 18.3 Å². The van der Waals surface area contributed by atoms with E-state index in [0.717, 1.165) is 12.8 Å². The third kappa shape index (κ3) is 31.6. The van der Waals surface area contributed by atoms with Crippen LogP contribution in [0, 0.1) is 6.68 Å². The van der Waals surface area contributed by atoms with Crippen LogP contribution in [0.25, 0.3) is 0 Å². The van der Waals surface area contributed by atoms with Crippen molar-refractivity contribution in [3.63, 3.8) is 0 Å². The molecule has 0 heterocycles. The van der Waals surface area contributed by atoms with Gasteiger partial charge in [0.15, 0.2) is 0 Å². The van der Waals surface area contributed by atoms with Gasteiger partial charge in [-0.3, -0.25) is 0 Å². The third-order valence-electron chi connectivity index (χ3n) is 2.00. The second-order valence-electron chi connectivity index (χ2n) is 3.39. The number of hydrogen-bond donors (Lipinski definition) is 0. The van der Waals surface area contributed by atoms with Crippen LogP contribution in [-0.2, 0) is 5.11 Å². The summed E-state index contributed by atoms with van der Waals surface area (Å²) < 4.78 is 28.8. The molecule has 2 radical (unpaired) electrons. The summed E-state index contributed by atoms with van der Waals surface area (Å²) in [7, 11) is 0. The maximum atomic E-state index is 10.1. The van der Waals surface area contributed by atoms with Crippen LogP contribution < -0.4 is 0 Å². The van der Waals surface area contributed by atoms with Crippen LogP contribution in [0.1, 0.15) is 58.3 Å². The number of halogens is 3. The van der Waals surface area contributed by atoms with Gasteiger partial charge in [0.1, 0.15) is 0 Å². The first-order valence-electron chi connectivity index (χ1n) is 5.56. The quantitative estimate of drug-likeness (QED) is 0.524. The highest BCUT2D eigenvalue weighted by molar-refractivity contribution is 4.44. The molecule has 0 aliphatic carbocycles. The Kier molecular flexibility index (Phi) is 18.5. The molecule has 1 nitrogen and oxygen atoms in total. The largest absolute Gasteiger partial charge is 0.487 e. The summed E-state index contributed by atoms with van der Waals surface area (Å²) in [4.78, 5) is 0. The van der Waals surface area contributed by atoms with Crippen LogP contribution in [0.2, 0.25) is 0 Å². The van der Waals surface area contributed by atoms with Crippen molar-refractivity contribution in [1.29, 1.82) is 0 Å². The lowest BCUT2D eigenvalue weighted by Crippen LogP contribution is -1.82. The third-order valence-corrected chi connectivity index (χ3v) is 2.00. The Morgan fingerprint density at radius 3 is 1.47 bits per heavy atom. The minimum absolute atomic E-state index is 0.120. The second-order valence-corrected chi connectivity index (χ2v) is 3.39. The van der Waals surface area contributed by atoms with Crippen LogP contribution in [0.4, 0.5) is 13.2 Å². The fourth-order valence-electron chi connectivity index (χ4n) is 1.24. The molecule has 0 spiro atoms. The van der Waals surface area contributed by atoms with E-state index in [4.69, 9.17) is 0 Å². The van der Waals surface area contributed by atoms with Crippen LogP contribution in [0.15, 0.2) is 0 Å². The maximum absolute atomic E-state index is 10.1. The normalized spacial score (nSPS) is 10.0. The second kappa shape index (κ2) is 16.2. The summed E-state index contributed by atoms with van der Waals surface area (Å²) in [5.41, 5.74) is 0. The van der Waals surface area contributed by atoms with Crippen molar-refractivity contribution >= 4 is 0 Å². The summed E-state index contributed by atoms with van der Waals surface area (Å²) in [5.74, 6) is 0. The lowest BCUT2D eigenvalue weighted by molar-refractivity contribution is 0.142. The van der Waals surface area contributed by atoms with E-state index in [1.165, 1.54) is 38.5 Å². The zero-order chi connectivity index (χ0) is 11.9. The van der Waals surface area contributed by atoms with Gasteiger partial charge in [-0.05, 0) is 6.42 Å². The van der Waals surface area contributed by atoms with E-state index >= 15 is 0 Å². The van der Waals surface area contributed by atoms with E-state index < -0.39 is 6.68 Å². The van der Waals surface area contributed by atoms with E-state index in [2.05, 4.69) is 6.92 Å². The van der Waals surface area contributed by atoms with Crippen LogP contribution in [0.3, 0.4) is 0 Å². The first kappa shape index (κ1) is 17.2. The monoisotopic (exact) mass is 226 g/mol. The van der Waals surface area contributed by atoms with Crippen molar-refractivity contribution in [1.82, 2.24) is 0 Å². The average Bonchev–Trinajstić information content (AvgIpc) is 2.16. The Morgan fingerprint density at radius 2 is 1.13 bits per heavy atom.